The molecule has 1 aromatic rings. The lowest BCUT2D eigenvalue weighted by Crippen LogP contribution is -2.10. The highest BCUT2D eigenvalue weighted by atomic mass is 35.5. The van der Waals surface area contributed by atoms with Gasteiger partial charge in [0.2, 0.25) is 0 Å². The van der Waals surface area contributed by atoms with Crippen LogP contribution in [0.25, 0.3) is 0 Å². The number of ketones is 1. The molecule has 1 atom stereocenters. The lowest BCUT2D eigenvalue weighted by molar-refractivity contribution is 0.0991. The molecule has 76 valence electrons. The van der Waals surface area contributed by atoms with E-state index in [0.717, 1.165) is 9.79 Å². The van der Waals surface area contributed by atoms with Crippen molar-refractivity contribution in [2.24, 2.45) is 0 Å². The van der Waals surface area contributed by atoms with Gasteiger partial charge in [-0.1, -0.05) is 6.07 Å². The van der Waals surface area contributed by atoms with Crippen molar-refractivity contribution >= 4 is 41.8 Å². The summed E-state index contributed by atoms with van der Waals surface area (Å²) in [6.45, 7) is 1.68. The monoisotopic (exact) mass is 246 g/mol. The Morgan fingerprint density at radius 2 is 2.21 bits per heavy atom. The summed E-state index contributed by atoms with van der Waals surface area (Å²) in [5, 5.41) is -0.476. The molecule has 0 saturated heterocycles. The number of carbonyl (C=O) groups excluding carboxylic acids is 1. The van der Waals surface area contributed by atoms with Crippen LogP contribution in [0.5, 0.6) is 0 Å². The molecule has 0 amide bonds. The largest absolute Gasteiger partial charge is 0.293 e. The normalized spacial score (nSPS) is 12.6. The Morgan fingerprint density at radius 3 is 2.71 bits per heavy atom. The summed E-state index contributed by atoms with van der Waals surface area (Å²) in [6.07, 6.45) is 1.95. The fourth-order valence-electron chi connectivity index (χ4n) is 1.06. The maximum Gasteiger partial charge on any atom is 0.180 e. The molecule has 0 aromatic heterocycles. The fourth-order valence-corrected chi connectivity index (χ4v) is 2.12. The van der Waals surface area contributed by atoms with Crippen LogP contribution in [0.2, 0.25) is 0 Å². The van der Waals surface area contributed by atoms with Crippen LogP contribution >= 0.6 is 36.0 Å². The second-order valence-electron chi connectivity index (χ2n) is 2.87. The first-order chi connectivity index (χ1) is 6.56. The molecular formula is C10H11ClOS2. The molecule has 1 unspecified atom stereocenters. The number of benzene rings is 1. The number of halogens is 1. The van der Waals surface area contributed by atoms with E-state index in [0.29, 0.717) is 5.56 Å². The summed E-state index contributed by atoms with van der Waals surface area (Å²) in [4.78, 5) is 13.4. The number of alkyl halides is 1. The molecule has 0 bridgehead atoms. The maximum atomic E-state index is 11.6. The van der Waals surface area contributed by atoms with Crippen LogP contribution in [0.15, 0.2) is 28.0 Å². The Bertz CT molecular complexity index is 350. The average Bonchev–Trinajstić information content (AvgIpc) is 2.17. The van der Waals surface area contributed by atoms with Crippen molar-refractivity contribution in [1.29, 1.82) is 0 Å². The number of thiol groups is 1. The van der Waals surface area contributed by atoms with Crippen molar-refractivity contribution in [3.8, 4) is 0 Å². The standard InChI is InChI=1S/C10H11ClOS2/c1-6(11)10(12)7-3-4-8(13)9(5-7)14-2/h3-6,13H,1-2H3. The van der Waals surface area contributed by atoms with E-state index in [-0.39, 0.29) is 5.78 Å². The first kappa shape index (κ1) is 12.0. The molecule has 4 heteroatoms. The van der Waals surface area contributed by atoms with Crippen LogP contribution in [-0.4, -0.2) is 17.4 Å². The molecule has 1 aromatic carbocycles. The minimum atomic E-state index is -0.476. The van der Waals surface area contributed by atoms with Gasteiger partial charge in [0.15, 0.2) is 5.78 Å². The Balaban J connectivity index is 3.06. The molecule has 0 fully saturated rings. The van der Waals surface area contributed by atoms with Crippen molar-refractivity contribution in [3.63, 3.8) is 0 Å². The summed E-state index contributed by atoms with van der Waals surface area (Å²) in [6, 6.07) is 5.40. The summed E-state index contributed by atoms with van der Waals surface area (Å²) >= 11 is 11.6. The molecule has 0 aliphatic rings. The number of hydrogen-bond acceptors (Lipinski definition) is 3. The fraction of sp³-hybridized carbons (Fsp3) is 0.300. The molecule has 1 rings (SSSR count). The van der Waals surface area contributed by atoms with Gasteiger partial charge in [-0.25, -0.2) is 0 Å². The molecule has 0 saturated carbocycles. The van der Waals surface area contributed by atoms with E-state index in [2.05, 4.69) is 12.6 Å². The van der Waals surface area contributed by atoms with Gasteiger partial charge >= 0.3 is 0 Å². The van der Waals surface area contributed by atoms with E-state index < -0.39 is 5.38 Å². The summed E-state index contributed by atoms with van der Waals surface area (Å²) in [5.74, 6) is -0.0460. The average molecular weight is 247 g/mol. The number of rotatable bonds is 3. The maximum absolute atomic E-state index is 11.6. The number of hydrogen-bond donors (Lipinski definition) is 1. The molecule has 0 heterocycles. The van der Waals surface area contributed by atoms with Crippen LogP contribution in [0.4, 0.5) is 0 Å². The number of carbonyl (C=O) groups is 1. The first-order valence-corrected chi connectivity index (χ1v) is 6.22. The van der Waals surface area contributed by atoms with E-state index in [9.17, 15) is 4.79 Å². The van der Waals surface area contributed by atoms with Gasteiger partial charge in [-0.2, -0.15) is 0 Å². The Morgan fingerprint density at radius 1 is 1.57 bits per heavy atom. The minimum Gasteiger partial charge on any atom is -0.293 e. The van der Waals surface area contributed by atoms with Gasteiger partial charge in [0.1, 0.15) is 0 Å². The van der Waals surface area contributed by atoms with Gasteiger partial charge in [-0.05, 0) is 25.3 Å². The predicted molar refractivity (Wildman–Crippen MR) is 65.1 cm³/mol. The Labute approximate surface area is 98.6 Å². The molecule has 0 radical (unpaired) electrons. The third-order valence-electron chi connectivity index (χ3n) is 1.83. The second-order valence-corrected chi connectivity index (χ2v) is 4.85. The Kier molecular flexibility index (Phi) is 4.35. The third-order valence-corrected chi connectivity index (χ3v) is 3.34. The second kappa shape index (κ2) is 5.10. The molecule has 14 heavy (non-hydrogen) atoms. The number of Topliss-reactive ketones (excluding diaryl/α,β-unsaturated/α-hetero) is 1. The zero-order valence-electron chi connectivity index (χ0n) is 7.95. The van der Waals surface area contributed by atoms with Gasteiger partial charge in [-0.15, -0.1) is 36.0 Å². The van der Waals surface area contributed by atoms with Crippen molar-refractivity contribution in [2.75, 3.05) is 6.26 Å². The minimum absolute atomic E-state index is 0.0460. The molecule has 1 nitrogen and oxygen atoms in total. The highest BCUT2D eigenvalue weighted by Crippen LogP contribution is 2.25. The van der Waals surface area contributed by atoms with Gasteiger partial charge in [-0.3, -0.25) is 4.79 Å². The van der Waals surface area contributed by atoms with Crippen LogP contribution in [0, 0.1) is 0 Å². The van der Waals surface area contributed by atoms with Gasteiger partial charge < -0.3 is 0 Å². The molecule has 0 N–H and O–H groups in total. The first-order valence-electron chi connectivity index (χ1n) is 4.11. The lowest BCUT2D eigenvalue weighted by Gasteiger charge is -2.06. The van der Waals surface area contributed by atoms with Crippen LogP contribution in [0.1, 0.15) is 17.3 Å². The topological polar surface area (TPSA) is 17.1 Å². The van der Waals surface area contributed by atoms with Crippen LogP contribution in [0.3, 0.4) is 0 Å². The third kappa shape index (κ3) is 2.69. The zero-order valence-corrected chi connectivity index (χ0v) is 10.4. The van der Waals surface area contributed by atoms with Crippen LogP contribution in [-0.2, 0) is 0 Å². The molecule has 0 spiro atoms. The molecule has 0 aliphatic heterocycles. The molecular weight excluding hydrogens is 236 g/mol. The highest BCUT2D eigenvalue weighted by molar-refractivity contribution is 7.99. The Hall–Kier alpha value is -0.120. The van der Waals surface area contributed by atoms with E-state index in [1.807, 2.05) is 18.4 Å². The van der Waals surface area contributed by atoms with E-state index >= 15 is 0 Å². The quantitative estimate of drug-likeness (QED) is 0.381. The SMILES string of the molecule is CSc1cc(C(=O)C(C)Cl)ccc1S. The van der Waals surface area contributed by atoms with Crippen molar-refractivity contribution in [1.82, 2.24) is 0 Å². The highest BCUT2D eigenvalue weighted by Gasteiger charge is 2.13. The lowest BCUT2D eigenvalue weighted by atomic mass is 10.1. The van der Waals surface area contributed by atoms with Crippen molar-refractivity contribution in [3.05, 3.63) is 23.8 Å². The molecule has 0 aliphatic carbocycles. The summed E-state index contributed by atoms with van der Waals surface area (Å²) in [7, 11) is 0. The zero-order chi connectivity index (χ0) is 10.7. The van der Waals surface area contributed by atoms with Gasteiger partial charge in [0.25, 0.3) is 0 Å². The smallest absolute Gasteiger partial charge is 0.180 e. The summed E-state index contributed by atoms with van der Waals surface area (Å²) < 4.78 is 0. The van der Waals surface area contributed by atoms with Gasteiger partial charge in [0.05, 0.1) is 5.38 Å². The van der Waals surface area contributed by atoms with Crippen molar-refractivity contribution < 1.29 is 4.79 Å². The number of thioether (sulfide) groups is 1. The summed E-state index contributed by atoms with van der Waals surface area (Å²) in [5.41, 5.74) is 0.648. The predicted octanol–water partition coefficient (Wildman–Crippen LogP) is 3.51. The van der Waals surface area contributed by atoms with Crippen LogP contribution < -0.4 is 0 Å². The van der Waals surface area contributed by atoms with Crippen molar-refractivity contribution in [2.45, 2.75) is 22.1 Å². The van der Waals surface area contributed by atoms with E-state index in [4.69, 9.17) is 11.6 Å². The van der Waals surface area contributed by atoms with E-state index in [1.165, 1.54) is 0 Å². The van der Waals surface area contributed by atoms with E-state index in [1.54, 1.807) is 24.8 Å². The van der Waals surface area contributed by atoms with Gasteiger partial charge in [0, 0.05) is 15.4 Å².